The predicted molar refractivity (Wildman–Crippen MR) is 68.8 cm³/mol. The van der Waals surface area contributed by atoms with Crippen LogP contribution in [0.25, 0.3) is 0 Å². The molecule has 0 aromatic heterocycles. The zero-order valence-corrected chi connectivity index (χ0v) is 11.6. The smallest absolute Gasteiger partial charge is 0.310 e. The summed E-state index contributed by atoms with van der Waals surface area (Å²) in [6.45, 7) is 2.10. The Morgan fingerprint density at radius 3 is 2.71 bits per heavy atom. The van der Waals surface area contributed by atoms with E-state index in [1.807, 2.05) is 0 Å². The van der Waals surface area contributed by atoms with E-state index in [-0.39, 0.29) is 18.3 Å². The Kier molecular flexibility index (Phi) is 5.46. The van der Waals surface area contributed by atoms with Gasteiger partial charge in [-0.2, -0.15) is 5.26 Å². The maximum Gasteiger partial charge on any atom is 0.310 e. The Balaban J connectivity index is 3.04. The first-order chi connectivity index (χ1) is 8.13. The minimum atomic E-state index is -0.310. The number of hydrogen-bond acceptors (Lipinski definition) is 3. The van der Waals surface area contributed by atoms with Crippen LogP contribution in [0.4, 0.5) is 0 Å². The number of rotatable bonds is 4. The van der Waals surface area contributed by atoms with Gasteiger partial charge in [0.05, 0.1) is 18.6 Å². The molecule has 0 spiro atoms. The molecule has 3 nitrogen and oxygen atoms in total. The number of alkyl halides is 1. The van der Waals surface area contributed by atoms with Gasteiger partial charge in [-0.1, -0.05) is 12.1 Å². The minimum absolute atomic E-state index is 0.145. The molecular weight excluding hydrogens is 305 g/mol. The van der Waals surface area contributed by atoms with E-state index in [0.717, 1.165) is 11.1 Å². The van der Waals surface area contributed by atoms with Crippen molar-refractivity contribution in [3.8, 4) is 6.07 Å². The largest absolute Gasteiger partial charge is 0.466 e. The lowest BCUT2D eigenvalue weighted by molar-refractivity contribution is -0.142. The highest BCUT2D eigenvalue weighted by Gasteiger charge is 2.13. The second kappa shape index (κ2) is 6.63. The number of carbonyl (C=O) groups is 1. The summed E-state index contributed by atoms with van der Waals surface area (Å²) in [6, 6.07) is 5.61. The van der Waals surface area contributed by atoms with E-state index in [9.17, 15) is 4.79 Å². The van der Waals surface area contributed by atoms with Crippen LogP contribution < -0.4 is 0 Å². The second-order valence-corrected chi connectivity index (χ2v) is 4.36. The molecule has 0 atom stereocenters. The number of nitriles is 1. The monoisotopic (exact) mass is 315 g/mol. The van der Waals surface area contributed by atoms with Gasteiger partial charge in [0, 0.05) is 10.4 Å². The number of carbonyl (C=O) groups excluding carboxylic acids is 1. The van der Waals surface area contributed by atoms with Gasteiger partial charge in [-0.3, -0.25) is 4.79 Å². The molecule has 17 heavy (non-hydrogen) atoms. The lowest BCUT2D eigenvalue weighted by Crippen LogP contribution is -2.08. The van der Waals surface area contributed by atoms with E-state index in [2.05, 4.69) is 22.0 Å². The molecule has 1 rings (SSSR count). The summed E-state index contributed by atoms with van der Waals surface area (Å²) in [5, 5.41) is 9.04. The minimum Gasteiger partial charge on any atom is -0.466 e. The number of benzene rings is 1. The highest BCUT2D eigenvalue weighted by atomic mass is 79.9. The summed E-state index contributed by atoms with van der Waals surface area (Å²) in [7, 11) is 0. The molecule has 0 fully saturated rings. The molecule has 1 aromatic carbocycles. The average Bonchev–Trinajstić information content (AvgIpc) is 2.31. The maximum atomic E-state index is 11.4. The van der Waals surface area contributed by atoms with Crippen LogP contribution in [0, 0.1) is 11.3 Å². The number of halogens is 2. The highest BCUT2D eigenvalue weighted by molar-refractivity contribution is 9.10. The lowest BCUT2D eigenvalue weighted by Gasteiger charge is -2.08. The van der Waals surface area contributed by atoms with Crippen molar-refractivity contribution in [2.24, 2.45) is 0 Å². The molecule has 0 amide bonds. The first-order valence-corrected chi connectivity index (χ1v) is 6.38. The Hall–Kier alpha value is -1.05. The number of hydrogen-bond donors (Lipinski definition) is 0. The van der Waals surface area contributed by atoms with Gasteiger partial charge in [0.25, 0.3) is 0 Å². The summed E-state index contributed by atoms with van der Waals surface area (Å²) in [5.41, 5.74) is 1.95. The first-order valence-electron chi connectivity index (χ1n) is 5.06. The van der Waals surface area contributed by atoms with E-state index in [4.69, 9.17) is 21.6 Å². The maximum absolute atomic E-state index is 11.4. The standard InChI is InChI=1S/C12H11BrClNO2/c1-2-17-11(16)5-8-3-4-9(6-14)10(7-15)12(8)13/h3-4H,2,5-6H2,1H3. The number of nitrogens with zero attached hydrogens (tertiary/aromatic N) is 1. The van der Waals surface area contributed by atoms with Crippen LogP contribution in [-0.2, 0) is 21.8 Å². The summed E-state index contributed by atoms with van der Waals surface area (Å²) in [5.74, 6) is -0.0445. The van der Waals surface area contributed by atoms with Gasteiger partial charge in [-0.25, -0.2) is 0 Å². The topological polar surface area (TPSA) is 50.1 Å². The molecule has 0 aliphatic carbocycles. The molecule has 0 bridgehead atoms. The van der Waals surface area contributed by atoms with Gasteiger partial charge in [0.1, 0.15) is 6.07 Å². The molecule has 0 saturated heterocycles. The van der Waals surface area contributed by atoms with Gasteiger partial charge < -0.3 is 4.74 Å². The highest BCUT2D eigenvalue weighted by Crippen LogP contribution is 2.26. The molecule has 90 valence electrons. The van der Waals surface area contributed by atoms with E-state index in [0.29, 0.717) is 16.6 Å². The Bertz CT molecular complexity index is 468. The van der Waals surface area contributed by atoms with Crippen molar-refractivity contribution in [2.75, 3.05) is 6.61 Å². The van der Waals surface area contributed by atoms with Crippen LogP contribution in [0.1, 0.15) is 23.6 Å². The molecule has 0 heterocycles. The van der Waals surface area contributed by atoms with Crippen molar-refractivity contribution in [3.63, 3.8) is 0 Å². The Morgan fingerprint density at radius 2 is 2.18 bits per heavy atom. The van der Waals surface area contributed by atoms with Crippen molar-refractivity contribution in [3.05, 3.63) is 33.3 Å². The molecule has 0 unspecified atom stereocenters. The third kappa shape index (κ3) is 3.45. The average molecular weight is 317 g/mol. The number of ether oxygens (including phenoxy) is 1. The van der Waals surface area contributed by atoms with Crippen molar-refractivity contribution < 1.29 is 9.53 Å². The predicted octanol–water partition coefficient (Wildman–Crippen LogP) is 3.17. The van der Waals surface area contributed by atoms with E-state index < -0.39 is 0 Å². The molecule has 0 aliphatic heterocycles. The van der Waals surface area contributed by atoms with Crippen LogP contribution in [-0.4, -0.2) is 12.6 Å². The van der Waals surface area contributed by atoms with Crippen molar-refractivity contribution in [1.82, 2.24) is 0 Å². The zero-order chi connectivity index (χ0) is 12.8. The fraction of sp³-hybridized carbons (Fsp3) is 0.333. The van der Waals surface area contributed by atoms with E-state index in [1.165, 1.54) is 0 Å². The van der Waals surface area contributed by atoms with Crippen molar-refractivity contribution >= 4 is 33.5 Å². The third-order valence-corrected chi connectivity index (χ3v) is 3.40. The number of esters is 1. The van der Waals surface area contributed by atoms with Crippen molar-refractivity contribution in [2.45, 2.75) is 19.2 Å². The van der Waals surface area contributed by atoms with Gasteiger partial charge >= 0.3 is 5.97 Å². The van der Waals surface area contributed by atoms with Gasteiger partial charge in [-0.05, 0) is 34.0 Å². The quantitative estimate of drug-likeness (QED) is 0.633. The van der Waals surface area contributed by atoms with Gasteiger partial charge in [-0.15, -0.1) is 11.6 Å². The molecule has 0 N–H and O–H groups in total. The molecule has 1 aromatic rings. The molecule has 5 heteroatoms. The first kappa shape index (κ1) is 14.0. The van der Waals surface area contributed by atoms with Crippen molar-refractivity contribution in [1.29, 1.82) is 5.26 Å². The van der Waals surface area contributed by atoms with Crippen LogP contribution in [0.3, 0.4) is 0 Å². The van der Waals surface area contributed by atoms with Gasteiger partial charge in [0.2, 0.25) is 0 Å². The third-order valence-electron chi connectivity index (χ3n) is 2.20. The molecular formula is C12H11BrClNO2. The fourth-order valence-electron chi connectivity index (χ4n) is 1.40. The Labute approximate surface area is 113 Å². The normalized spacial score (nSPS) is 9.76. The second-order valence-electron chi connectivity index (χ2n) is 3.30. The summed E-state index contributed by atoms with van der Waals surface area (Å²) >= 11 is 9.05. The molecule has 0 saturated carbocycles. The van der Waals surface area contributed by atoms with Crippen LogP contribution in [0.2, 0.25) is 0 Å². The SMILES string of the molecule is CCOC(=O)Cc1ccc(CCl)c(C#N)c1Br. The Morgan fingerprint density at radius 1 is 1.53 bits per heavy atom. The van der Waals surface area contributed by atoms with E-state index in [1.54, 1.807) is 19.1 Å². The van der Waals surface area contributed by atoms with Crippen LogP contribution in [0.5, 0.6) is 0 Å². The zero-order valence-electron chi connectivity index (χ0n) is 9.30. The van der Waals surface area contributed by atoms with Crippen LogP contribution >= 0.6 is 27.5 Å². The van der Waals surface area contributed by atoms with Gasteiger partial charge in [0.15, 0.2) is 0 Å². The summed E-state index contributed by atoms with van der Waals surface area (Å²) < 4.78 is 5.48. The fourth-order valence-corrected chi connectivity index (χ4v) is 2.23. The molecule has 0 radical (unpaired) electrons. The van der Waals surface area contributed by atoms with Crippen LogP contribution in [0.15, 0.2) is 16.6 Å². The summed E-state index contributed by atoms with van der Waals surface area (Å²) in [4.78, 5) is 11.4. The summed E-state index contributed by atoms with van der Waals surface area (Å²) in [6.07, 6.45) is 0.145. The molecule has 0 aliphatic rings. The van der Waals surface area contributed by atoms with E-state index >= 15 is 0 Å². The lowest BCUT2D eigenvalue weighted by atomic mass is 10.0.